The molecule has 2 saturated heterocycles. The lowest BCUT2D eigenvalue weighted by molar-refractivity contribution is 0.0979. The van der Waals surface area contributed by atoms with Crippen LogP contribution in [0, 0.1) is 11.3 Å². The maximum atomic E-state index is 2.55. The van der Waals surface area contributed by atoms with Crippen LogP contribution < -0.4 is 0 Å². The predicted molar refractivity (Wildman–Crippen MR) is 111 cm³/mol. The van der Waals surface area contributed by atoms with E-state index in [9.17, 15) is 0 Å². The summed E-state index contributed by atoms with van der Waals surface area (Å²) in [5.41, 5.74) is 1.33. The maximum absolute atomic E-state index is 2.55. The zero-order valence-corrected chi connectivity index (χ0v) is 18.9. The van der Waals surface area contributed by atoms with Crippen LogP contribution in [0.15, 0.2) is 0 Å². The zero-order chi connectivity index (χ0) is 19.2. The van der Waals surface area contributed by atoms with Crippen molar-refractivity contribution in [2.45, 2.75) is 106 Å². The average Bonchev–Trinajstić information content (AvgIpc) is 2.90. The van der Waals surface area contributed by atoms with E-state index in [0.29, 0.717) is 16.5 Å². The maximum Gasteiger partial charge on any atom is 0.0183 e. The van der Waals surface area contributed by atoms with Crippen molar-refractivity contribution in [3.63, 3.8) is 0 Å². The number of hydrogen-bond donors (Lipinski definition) is 0. The molecule has 2 rings (SSSR count). The van der Waals surface area contributed by atoms with Gasteiger partial charge in [-0.25, -0.2) is 0 Å². The van der Waals surface area contributed by atoms with Gasteiger partial charge in [-0.05, 0) is 85.0 Å². The van der Waals surface area contributed by atoms with E-state index in [-0.39, 0.29) is 0 Å². The van der Waals surface area contributed by atoms with Gasteiger partial charge in [0, 0.05) is 11.1 Å². The third-order valence-electron chi connectivity index (χ3n) is 6.09. The minimum Gasteiger partial charge on any atom is -0.301 e. The molecule has 0 bridgehead atoms. The summed E-state index contributed by atoms with van der Waals surface area (Å²) < 4.78 is 0. The molecule has 0 amide bonds. The minimum atomic E-state index is 0.387. The van der Waals surface area contributed by atoms with Crippen molar-refractivity contribution in [2.24, 2.45) is 11.3 Å². The summed E-state index contributed by atoms with van der Waals surface area (Å²) in [6, 6.07) is 0. The highest BCUT2D eigenvalue weighted by atomic mass is 15.2. The molecule has 0 aromatic rings. The molecule has 0 spiro atoms. The van der Waals surface area contributed by atoms with E-state index in [1.807, 2.05) is 0 Å². The molecule has 0 aromatic carbocycles. The highest BCUT2D eigenvalue weighted by molar-refractivity contribution is 4.98. The largest absolute Gasteiger partial charge is 0.301 e. The van der Waals surface area contributed by atoms with Crippen LogP contribution in [0.5, 0.6) is 0 Å². The van der Waals surface area contributed by atoms with Gasteiger partial charge in [-0.15, -0.1) is 0 Å². The number of likely N-dealkylation sites (tertiary alicyclic amines) is 2. The number of rotatable bonds is 1. The Labute approximate surface area is 154 Å². The molecule has 1 atom stereocenters. The minimum absolute atomic E-state index is 0.387. The van der Waals surface area contributed by atoms with Gasteiger partial charge < -0.3 is 4.90 Å². The van der Waals surface area contributed by atoms with E-state index in [4.69, 9.17) is 0 Å². The Bertz CT molecular complexity index is 338. The molecule has 0 saturated carbocycles. The SMILES string of the molecule is CCC.CCN1CCCC1(C)C.CN1CCC(C(C)(C)C)C1(C)C. The van der Waals surface area contributed by atoms with E-state index in [0.717, 1.165) is 5.92 Å². The first-order chi connectivity index (χ1) is 10.8. The molecule has 24 heavy (non-hydrogen) atoms. The highest BCUT2D eigenvalue weighted by Crippen LogP contribution is 2.44. The van der Waals surface area contributed by atoms with Crippen LogP contribution in [0.2, 0.25) is 0 Å². The summed E-state index contributed by atoms with van der Waals surface area (Å²) in [6.45, 7) is 26.8. The molecule has 0 aromatic heterocycles. The second kappa shape index (κ2) is 9.57. The smallest absolute Gasteiger partial charge is 0.0183 e. The molecule has 2 nitrogen and oxygen atoms in total. The van der Waals surface area contributed by atoms with Crippen LogP contribution in [0.4, 0.5) is 0 Å². The van der Waals surface area contributed by atoms with Gasteiger partial charge in [-0.3, -0.25) is 4.90 Å². The van der Waals surface area contributed by atoms with Gasteiger partial charge in [0.2, 0.25) is 0 Å². The van der Waals surface area contributed by atoms with Gasteiger partial charge in [0.15, 0.2) is 0 Å². The van der Waals surface area contributed by atoms with E-state index in [1.165, 1.54) is 45.3 Å². The molecule has 2 heteroatoms. The monoisotopic (exact) mass is 340 g/mol. The first-order valence-corrected chi connectivity index (χ1v) is 10.3. The second-order valence-electron chi connectivity index (χ2n) is 9.99. The van der Waals surface area contributed by atoms with Crippen molar-refractivity contribution >= 4 is 0 Å². The summed E-state index contributed by atoms with van der Waals surface area (Å²) in [7, 11) is 2.24. The van der Waals surface area contributed by atoms with Crippen molar-refractivity contribution in [3.05, 3.63) is 0 Å². The quantitative estimate of drug-likeness (QED) is 0.572. The molecule has 0 radical (unpaired) electrons. The van der Waals surface area contributed by atoms with Crippen LogP contribution in [-0.2, 0) is 0 Å². The van der Waals surface area contributed by atoms with Gasteiger partial charge >= 0.3 is 0 Å². The molecular formula is C22H48N2. The fraction of sp³-hybridized carbons (Fsp3) is 1.00. The highest BCUT2D eigenvalue weighted by Gasteiger charge is 2.44. The second-order valence-corrected chi connectivity index (χ2v) is 9.99. The number of hydrogen-bond acceptors (Lipinski definition) is 2. The Hall–Kier alpha value is -0.0800. The van der Waals surface area contributed by atoms with Gasteiger partial charge in [-0.2, -0.15) is 0 Å². The van der Waals surface area contributed by atoms with Crippen LogP contribution in [0.25, 0.3) is 0 Å². The summed E-state index contributed by atoms with van der Waals surface area (Å²) in [4.78, 5) is 5.04. The van der Waals surface area contributed by atoms with Gasteiger partial charge in [-0.1, -0.05) is 48.0 Å². The molecule has 2 fully saturated rings. The standard InChI is InChI=1S/C11H23N.C8H17N.C3H8/c1-10(2,3)9-7-8-12(6)11(9,4)5;1-4-9-7-5-6-8(9,2)3;1-3-2/h9H,7-8H2,1-6H3;4-7H2,1-3H3;3H2,1-2H3. The summed E-state index contributed by atoms with van der Waals surface area (Å²) in [5, 5.41) is 0. The summed E-state index contributed by atoms with van der Waals surface area (Å²) >= 11 is 0. The van der Waals surface area contributed by atoms with Crippen LogP contribution >= 0.6 is 0 Å². The van der Waals surface area contributed by atoms with E-state index in [2.05, 4.69) is 86.1 Å². The summed E-state index contributed by atoms with van der Waals surface area (Å²) in [5.74, 6) is 0.829. The van der Waals surface area contributed by atoms with Crippen molar-refractivity contribution in [1.29, 1.82) is 0 Å². The molecule has 146 valence electrons. The van der Waals surface area contributed by atoms with E-state index >= 15 is 0 Å². The summed E-state index contributed by atoms with van der Waals surface area (Å²) in [6.07, 6.45) is 5.37. The molecule has 2 aliphatic rings. The Balaban J connectivity index is 0.000000390. The van der Waals surface area contributed by atoms with Crippen LogP contribution in [-0.4, -0.2) is 47.6 Å². The normalized spacial score (nSPS) is 26.4. The molecule has 0 aliphatic carbocycles. The van der Waals surface area contributed by atoms with Gasteiger partial charge in [0.05, 0.1) is 0 Å². The van der Waals surface area contributed by atoms with E-state index < -0.39 is 0 Å². The lowest BCUT2D eigenvalue weighted by Crippen LogP contribution is -2.44. The Morgan fingerprint density at radius 2 is 1.46 bits per heavy atom. The van der Waals surface area contributed by atoms with E-state index in [1.54, 1.807) is 0 Å². The first kappa shape index (κ1) is 23.9. The lowest BCUT2D eigenvalue weighted by Gasteiger charge is -2.40. The predicted octanol–water partition coefficient (Wildman–Crippen LogP) is 6.06. The fourth-order valence-electron chi connectivity index (χ4n) is 4.47. The van der Waals surface area contributed by atoms with Crippen molar-refractivity contribution in [3.8, 4) is 0 Å². The Morgan fingerprint density at radius 3 is 1.62 bits per heavy atom. The zero-order valence-electron chi connectivity index (χ0n) is 18.9. The average molecular weight is 341 g/mol. The Morgan fingerprint density at radius 1 is 0.958 bits per heavy atom. The van der Waals surface area contributed by atoms with Crippen LogP contribution in [0.1, 0.15) is 94.9 Å². The third kappa shape index (κ3) is 6.67. The fourth-order valence-corrected chi connectivity index (χ4v) is 4.47. The topological polar surface area (TPSA) is 6.48 Å². The third-order valence-corrected chi connectivity index (χ3v) is 6.09. The molecule has 1 unspecified atom stereocenters. The molecule has 0 N–H and O–H groups in total. The van der Waals surface area contributed by atoms with Crippen molar-refractivity contribution in [2.75, 3.05) is 26.7 Å². The van der Waals surface area contributed by atoms with Gasteiger partial charge in [0.1, 0.15) is 0 Å². The Kier molecular flexibility index (Phi) is 9.54. The lowest BCUT2D eigenvalue weighted by atomic mass is 9.71. The van der Waals surface area contributed by atoms with Crippen LogP contribution in [0.3, 0.4) is 0 Å². The number of nitrogens with zero attached hydrogens (tertiary/aromatic N) is 2. The molecule has 2 aliphatic heterocycles. The molecule has 2 heterocycles. The first-order valence-electron chi connectivity index (χ1n) is 10.3. The van der Waals surface area contributed by atoms with Crippen molar-refractivity contribution < 1.29 is 0 Å². The van der Waals surface area contributed by atoms with Gasteiger partial charge in [0.25, 0.3) is 0 Å². The van der Waals surface area contributed by atoms with Crippen molar-refractivity contribution in [1.82, 2.24) is 9.80 Å². The molecular weight excluding hydrogens is 292 g/mol.